The molecule has 4 aromatic rings. The number of fused-ring (bicyclic) bond motifs is 1. The molecule has 0 radical (unpaired) electrons. The number of carbonyl (C=O) groups is 3. The predicted octanol–water partition coefficient (Wildman–Crippen LogP) is 6.14. The molecule has 1 aliphatic rings. The van der Waals surface area contributed by atoms with E-state index in [0.717, 1.165) is 21.2 Å². The average Bonchev–Trinajstić information content (AvgIpc) is 2.92. The molecule has 0 saturated carbocycles. The molecule has 1 heterocycles. The van der Waals surface area contributed by atoms with E-state index in [1.54, 1.807) is 36.4 Å². The Labute approximate surface area is 224 Å². The first-order valence-electron chi connectivity index (χ1n) is 12.0. The number of rotatable bonds is 7. The summed E-state index contributed by atoms with van der Waals surface area (Å²) in [6, 6.07) is 24.3. The standard InChI is InChI=1S/C30H23ClN2O5/c1-2-37-27-16-11-19-7-3-5-9-23(19)24(27)17-25-28(34)32-30(36)33(29(25)35)21-12-14-22(15-13-21)38-18-20-8-4-6-10-26(20)31/h3-17H,2,18H2,1H3,(H,32,34,36)/b25-17+. The summed E-state index contributed by atoms with van der Waals surface area (Å²) in [6.45, 7) is 2.52. The zero-order valence-electron chi connectivity index (χ0n) is 20.4. The number of benzene rings is 4. The van der Waals surface area contributed by atoms with Gasteiger partial charge >= 0.3 is 6.03 Å². The van der Waals surface area contributed by atoms with Crippen LogP contribution < -0.4 is 19.7 Å². The van der Waals surface area contributed by atoms with Crippen LogP contribution >= 0.6 is 11.6 Å². The highest BCUT2D eigenvalue weighted by Crippen LogP contribution is 2.32. The van der Waals surface area contributed by atoms with Gasteiger partial charge in [0.15, 0.2) is 0 Å². The monoisotopic (exact) mass is 526 g/mol. The summed E-state index contributed by atoms with van der Waals surface area (Å²) >= 11 is 6.18. The van der Waals surface area contributed by atoms with Crippen LogP contribution in [0.2, 0.25) is 5.02 Å². The van der Waals surface area contributed by atoms with E-state index >= 15 is 0 Å². The lowest BCUT2D eigenvalue weighted by atomic mass is 9.99. The van der Waals surface area contributed by atoms with E-state index < -0.39 is 17.8 Å². The molecule has 7 nitrogen and oxygen atoms in total. The number of anilines is 1. The number of ether oxygens (including phenoxy) is 2. The second-order valence-corrected chi connectivity index (χ2v) is 8.87. The van der Waals surface area contributed by atoms with Crippen molar-refractivity contribution in [3.05, 3.63) is 107 Å². The summed E-state index contributed by atoms with van der Waals surface area (Å²) in [6.07, 6.45) is 1.48. The van der Waals surface area contributed by atoms with Crippen molar-refractivity contribution >= 4 is 52.0 Å². The van der Waals surface area contributed by atoms with Gasteiger partial charge in [0.25, 0.3) is 11.8 Å². The number of nitrogens with zero attached hydrogens (tertiary/aromatic N) is 1. The summed E-state index contributed by atoms with van der Waals surface area (Å²) in [7, 11) is 0. The lowest BCUT2D eigenvalue weighted by Crippen LogP contribution is -2.54. The Morgan fingerprint density at radius 1 is 0.868 bits per heavy atom. The molecule has 0 spiro atoms. The molecule has 0 aliphatic carbocycles. The average molecular weight is 527 g/mol. The highest BCUT2D eigenvalue weighted by atomic mass is 35.5. The molecule has 0 bridgehead atoms. The minimum atomic E-state index is -0.829. The van der Waals surface area contributed by atoms with E-state index in [9.17, 15) is 14.4 Å². The first-order chi connectivity index (χ1) is 18.5. The van der Waals surface area contributed by atoms with E-state index in [0.29, 0.717) is 34.4 Å². The molecule has 8 heteroatoms. The first-order valence-corrected chi connectivity index (χ1v) is 12.4. The maximum Gasteiger partial charge on any atom is 0.335 e. The molecule has 0 aromatic heterocycles. The normalized spacial score (nSPS) is 14.6. The molecule has 1 saturated heterocycles. The lowest BCUT2D eigenvalue weighted by molar-refractivity contribution is -0.122. The number of carbonyl (C=O) groups excluding carboxylic acids is 3. The Kier molecular flexibility index (Phi) is 7.11. The molecular weight excluding hydrogens is 504 g/mol. The van der Waals surface area contributed by atoms with Crippen molar-refractivity contribution in [2.75, 3.05) is 11.5 Å². The second-order valence-electron chi connectivity index (χ2n) is 8.46. The highest BCUT2D eigenvalue weighted by Gasteiger charge is 2.37. The third-order valence-corrected chi connectivity index (χ3v) is 6.44. The summed E-state index contributed by atoms with van der Waals surface area (Å²) in [4.78, 5) is 39.9. The van der Waals surface area contributed by atoms with Gasteiger partial charge in [-0.2, -0.15) is 0 Å². The van der Waals surface area contributed by atoms with Crippen molar-refractivity contribution in [1.29, 1.82) is 0 Å². The van der Waals surface area contributed by atoms with Gasteiger partial charge in [-0.1, -0.05) is 60.1 Å². The number of barbiturate groups is 1. The van der Waals surface area contributed by atoms with E-state index in [-0.39, 0.29) is 12.2 Å². The smallest absolute Gasteiger partial charge is 0.335 e. The Balaban J connectivity index is 1.44. The van der Waals surface area contributed by atoms with Gasteiger partial charge in [-0.15, -0.1) is 0 Å². The Hall–Kier alpha value is -4.62. The lowest BCUT2D eigenvalue weighted by Gasteiger charge is -2.26. The fraction of sp³-hybridized carbons (Fsp3) is 0.100. The summed E-state index contributed by atoms with van der Waals surface area (Å²) in [5.74, 6) is -0.449. The third kappa shape index (κ3) is 4.96. The third-order valence-electron chi connectivity index (χ3n) is 6.07. The van der Waals surface area contributed by atoms with Crippen molar-refractivity contribution in [2.24, 2.45) is 0 Å². The number of urea groups is 1. The summed E-state index contributed by atoms with van der Waals surface area (Å²) in [5.41, 5.74) is 1.53. The van der Waals surface area contributed by atoms with Crippen LogP contribution in [0.1, 0.15) is 18.1 Å². The molecule has 1 fully saturated rings. The van der Waals surface area contributed by atoms with Crippen LogP contribution in [0.4, 0.5) is 10.5 Å². The minimum Gasteiger partial charge on any atom is -0.493 e. The van der Waals surface area contributed by atoms with E-state index in [1.165, 1.54) is 6.08 Å². The number of hydrogen-bond donors (Lipinski definition) is 1. The SMILES string of the molecule is CCOc1ccc2ccccc2c1/C=C1\C(=O)NC(=O)N(c2ccc(OCc3ccccc3Cl)cc2)C1=O. The number of amides is 4. The minimum absolute atomic E-state index is 0.180. The zero-order valence-corrected chi connectivity index (χ0v) is 21.2. The molecule has 190 valence electrons. The molecule has 1 aliphatic heterocycles. The molecule has 4 aromatic carbocycles. The van der Waals surface area contributed by atoms with Gasteiger partial charge in [0, 0.05) is 16.1 Å². The second kappa shape index (κ2) is 10.8. The van der Waals surface area contributed by atoms with Crippen molar-refractivity contribution in [1.82, 2.24) is 5.32 Å². The number of imide groups is 2. The van der Waals surface area contributed by atoms with E-state index in [2.05, 4.69) is 5.32 Å². The van der Waals surface area contributed by atoms with Crippen LogP contribution in [0.25, 0.3) is 16.8 Å². The van der Waals surface area contributed by atoms with Crippen LogP contribution in [-0.4, -0.2) is 24.5 Å². The number of hydrogen-bond acceptors (Lipinski definition) is 5. The number of nitrogens with one attached hydrogen (secondary N) is 1. The predicted molar refractivity (Wildman–Crippen MR) is 146 cm³/mol. The highest BCUT2D eigenvalue weighted by molar-refractivity contribution is 6.39. The zero-order chi connectivity index (χ0) is 26.6. The van der Waals surface area contributed by atoms with Crippen molar-refractivity contribution in [2.45, 2.75) is 13.5 Å². The van der Waals surface area contributed by atoms with Crippen LogP contribution in [0.5, 0.6) is 11.5 Å². The molecule has 5 rings (SSSR count). The van der Waals surface area contributed by atoms with E-state index in [1.807, 2.05) is 55.5 Å². The topological polar surface area (TPSA) is 84.9 Å². The Bertz CT molecular complexity index is 1580. The van der Waals surface area contributed by atoms with Gasteiger partial charge in [-0.05, 0) is 60.2 Å². The van der Waals surface area contributed by atoms with Crippen LogP contribution in [-0.2, 0) is 16.2 Å². The van der Waals surface area contributed by atoms with Gasteiger partial charge < -0.3 is 9.47 Å². The van der Waals surface area contributed by atoms with Gasteiger partial charge in [-0.3, -0.25) is 14.9 Å². The van der Waals surface area contributed by atoms with E-state index in [4.69, 9.17) is 21.1 Å². The van der Waals surface area contributed by atoms with Crippen molar-refractivity contribution in [3.63, 3.8) is 0 Å². The van der Waals surface area contributed by atoms with Crippen LogP contribution in [0.15, 0.2) is 90.5 Å². The summed E-state index contributed by atoms with van der Waals surface area (Å²) < 4.78 is 11.6. The molecular formula is C30H23ClN2O5. The van der Waals surface area contributed by atoms with Crippen LogP contribution in [0, 0.1) is 0 Å². The molecule has 1 N–H and O–H groups in total. The fourth-order valence-corrected chi connectivity index (χ4v) is 4.40. The maximum atomic E-state index is 13.5. The maximum absolute atomic E-state index is 13.5. The quantitative estimate of drug-likeness (QED) is 0.231. The Morgan fingerprint density at radius 3 is 2.37 bits per heavy atom. The molecule has 4 amide bonds. The first kappa shape index (κ1) is 25.0. The number of halogens is 1. The largest absolute Gasteiger partial charge is 0.493 e. The summed E-state index contributed by atoms with van der Waals surface area (Å²) in [5, 5.41) is 4.61. The fourth-order valence-electron chi connectivity index (χ4n) is 4.21. The Morgan fingerprint density at radius 2 is 1.61 bits per heavy atom. The van der Waals surface area contributed by atoms with Gasteiger partial charge in [0.2, 0.25) is 0 Å². The molecule has 0 unspecified atom stereocenters. The molecule has 0 atom stereocenters. The van der Waals surface area contributed by atoms with Crippen molar-refractivity contribution < 1.29 is 23.9 Å². The van der Waals surface area contributed by atoms with Gasteiger partial charge in [0.05, 0.1) is 12.3 Å². The van der Waals surface area contributed by atoms with Crippen molar-refractivity contribution in [3.8, 4) is 11.5 Å². The van der Waals surface area contributed by atoms with Gasteiger partial charge in [-0.25, -0.2) is 9.69 Å². The van der Waals surface area contributed by atoms with Crippen LogP contribution in [0.3, 0.4) is 0 Å². The molecule has 38 heavy (non-hydrogen) atoms. The van der Waals surface area contributed by atoms with Gasteiger partial charge in [0.1, 0.15) is 23.7 Å².